The molecule has 0 aromatic heterocycles. The number of rotatable bonds is 3. The van der Waals surface area contributed by atoms with E-state index in [0.29, 0.717) is 5.56 Å². The van der Waals surface area contributed by atoms with Crippen molar-refractivity contribution < 1.29 is 4.79 Å². The Bertz CT molecular complexity index is 706. The molecule has 2 rings (SSSR count). The minimum absolute atomic E-state index is 0.156. The number of nitriles is 1. The highest BCUT2D eigenvalue weighted by molar-refractivity contribution is 6.14. The number of aryl methyl sites for hydroxylation is 2. The number of carbonyl (C=O) groups excluding carboxylic acids is 1. The molecule has 2 nitrogen and oxygen atoms in total. The molecule has 98 valence electrons. The molecule has 0 unspecified atom stereocenters. The van der Waals surface area contributed by atoms with E-state index in [2.05, 4.69) is 0 Å². The lowest BCUT2D eigenvalue weighted by Gasteiger charge is -2.03. The molecule has 20 heavy (non-hydrogen) atoms. The third-order valence-electron chi connectivity index (χ3n) is 3.13. The van der Waals surface area contributed by atoms with Crippen LogP contribution >= 0.6 is 0 Å². The molecule has 2 aromatic carbocycles. The fourth-order valence-corrected chi connectivity index (χ4v) is 2.04. The quantitative estimate of drug-likeness (QED) is 0.474. The van der Waals surface area contributed by atoms with Crippen molar-refractivity contribution >= 4 is 11.9 Å². The summed E-state index contributed by atoms with van der Waals surface area (Å²) in [6.45, 7) is 3.99. The number of benzene rings is 2. The number of allylic oxidation sites excluding steroid dienone is 1. The van der Waals surface area contributed by atoms with E-state index in [-0.39, 0.29) is 11.4 Å². The minimum atomic E-state index is -0.243. The summed E-state index contributed by atoms with van der Waals surface area (Å²) in [5, 5.41) is 9.23. The molecule has 0 saturated carbocycles. The maximum Gasteiger partial charge on any atom is 0.203 e. The Morgan fingerprint density at radius 1 is 1.10 bits per heavy atom. The summed E-state index contributed by atoms with van der Waals surface area (Å²) in [5.74, 6) is -0.243. The van der Waals surface area contributed by atoms with Crippen LogP contribution in [-0.4, -0.2) is 5.78 Å². The second kappa shape index (κ2) is 5.99. The molecular weight excluding hydrogens is 246 g/mol. The predicted molar refractivity (Wildman–Crippen MR) is 80.3 cm³/mol. The third-order valence-corrected chi connectivity index (χ3v) is 3.13. The van der Waals surface area contributed by atoms with Crippen molar-refractivity contribution in [3.8, 4) is 6.07 Å². The number of ketones is 1. The Kier molecular flexibility index (Phi) is 4.12. The molecule has 2 heteroatoms. The summed E-state index contributed by atoms with van der Waals surface area (Å²) in [6.07, 6.45) is 1.66. The molecule has 0 heterocycles. The van der Waals surface area contributed by atoms with Gasteiger partial charge in [0.05, 0.1) is 0 Å². The van der Waals surface area contributed by atoms with Crippen LogP contribution in [0, 0.1) is 25.2 Å². The van der Waals surface area contributed by atoms with Crippen molar-refractivity contribution in [3.05, 3.63) is 76.4 Å². The first-order valence-electron chi connectivity index (χ1n) is 6.40. The summed E-state index contributed by atoms with van der Waals surface area (Å²) in [4.78, 5) is 12.3. The molecule has 0 fully saturated rings. The average molecular weight is 261 g/mol. The Labute approximate surface area is 119 Å². The number of Topliss-reactive ketones (excluding diaryl/α,β-unsaturated/α-hetero) is 1. The van der Waals surface area contributed by atoms with Crippen LogP contribution in [0.1, 0.15) is 27.0 Å². The van der Waals surface area contributed by atoms with Crippen molar-refractivity contribution in [2.75, 3.05) is 0 Å². The van der Waals surface area contributed by atoms with Crippen LogP contribution in [0.25, 0.3) is 6.08 Å². The highest BCUT2D eigenvalue weighted by Crippen LogP contribution is 2.16. The van der Waals surface area contributed by atoms with Crippen molar-refractivity contribution in [1.82, 2.24) is 0 Å². The van der Waals surface area contributed by atoms with Crippen LogP contribution in [-0.2, 0) is 0 Å². The average Bonchev–Trinajstić information content (AvgIpc) is 2.47. The Balaban J connectivity index is 2.40. The second-order valence-electron chi connectivity index (χ2n) is 4.73. The normalized spacial score (nSPS) is 10.9. The molecular formula is C18H15NO. The maximum absolute atomic E-state index is 12.3. The second-order valence-corrected chi connectivity index (χ2v) is 4.73. The Morgan fingerprint density at radius 3 is 2.40 bits per heavy atom. The molecule has 0 aliphatic carbocycles. The monoisotopic (exact) mass is 261 g/mol. The summed E-state index contributed by atoms with van der Waals surface area (Å²) in [5.41, 5.74) is 3.80. The van der Waals surface area contributed by atoms with E-state index in [1.807, 2.05) is 44.2 Å². The lowest BCUT2D eigenvalue weighted by atomic mass is 9.99. The van der Waals surface area contributed by atoms with Gasteiger partial charge in [-0.05, 0) is 31.1 Å². The lowest BCUT2D eigenvalue weighted by Crippen LogP contribution is -2.01. The van der Waals surface area contributed by atoms with Gasteiger partial charge in [-0.15, -0.1) is 0 Å². The zero-order valence-electron chi connectivity index (χ0n) is 11.6. The maximum atomic E-state index is 12.3. The molecule has 0 atom stereocenters. The van der Waals surface area contributed by atoms with Gasteiger partial charge in [0.25, 0.3) is 0 Å². The summed E-state index contributed by atoms with van der Waals surface area (Å²) in [7, 11) is 0. The van der Waals surface area contributed by atoms with Gasteiger partial charge in [0.2, 0.25) is 5.78 Å². The van der Waals surface area contributed by atoms with Crippen LogP contribution < -0.4 is 0 Å². The number of hydrogen-bond donors (Lipinski definition) is 0. The van der Waals surface area contributed by atoms with Gasteiger partial charge in [-0.3, -0.25) is 4.79 Å². The van der Waals surface area contributed by atoms with Gasteiger partial charge >= 0.3 is 0 Å². The number of nitrogens with zero attached hydrogens (tertiary/aromatic N) is 1. The largest absolute Gasteiger partial charge is 0.288 e. The van der Waals surface area contributed by atoms with E-state index in [9.17, 15) is 10.1 Å². The van der Waals surface area contributed by atoms with E-state index in [1.165, 1.54) is 0 Å². The highest BCUT2D eigenvalue weighted by Gasteiger charge is 2.11. The highest BCUT2D eigenvalue weighted by atomic mass is 16.1. The number of hydrogen-bond acceptors (Lipinski definition) is 2. The summed E-state index contributed by atoms with van der Waals surface area (Å²) in [6, 6.07) is 16.8. The van der Waals surface area contributed by atoms with Crippen LogP contribution in [0.4, 0.5) is 0 Å². The van der Waals surface area contributed by atoms with Gasteiger partial charge < -0.3 is 0 Å². The first kappa shape index (κ1) is 13.8. The fraction of sp³-hybridized carbons (Fsp3) is 0.111. The molecule has 0 N–H and O–H groups in total. The molecule has 0 aliphatic rings. The Morgan fingerprint density at radius 2 is 1.80 bits per heavy atom. The fourth-order valence-electron chi connectivity index (χ4n) is 2.04. The van der Waals surface area contributed by atoms with E-state index in [0.717, 1.165) is 16.7 Å². The van der Waals surface area contributed by atoms with E-state index in [1.54, 1.807) is 30.3 Å². The van der Waals surface area contributed by atoms with Crippen molar-refractivity contribution in [2.24, 2.45) is 0 Å². The topological polar surface area (TPSA) is 40.9 Å². The molecule has 0 saturated heterocycles. The van der Waals surface area contributed by atoms with Gasteiger partial charge in [-0.2, -0.15) is 5.26 Å². The van der Waals surface area contributed by atoms with Crippen LogP contribution in [0.3, 0.4) is 0 Å². The minimum Gasteiger partial charge on any atom is -0.288 e. The van der Waals surface area contributed by atoms with Crippen LogP contribution in [0.15, 0.2) is 54.1 Å². The smallest absolute Gasteiger partial charge is 0.203 e. The summed E-state index contributed by atoms with van der Waals surface area (Å²) < 4.78 is 0. The van der Waals surface area contributed by atoms with Gasteiger partial charge in [0.15, 0.2) is 0 Å². The van der Waals surface area contributed by atoms with E-state index < -0.39 is 0 Å². The van der Waals surface area contributed by atoms with E-state index >= 15 is 0 Å². The molecule has 2 aromatic rings. The van der Waals surface area contributed by atoms with Gasteiger partial charge in [-0.1, -0.05) is 54.1 Å². The predicted octanol–water partition coefficient (Wildman–Crippen LogP) is 4.09. The van der Waals surface area contributed by atoms with Gasteiger partial charge in [-0.25, -0.2) is 0 Å². The lowest BCUT2D eigenvalue weighted by molar-refractivity contribution is 0.104. The zero-order chi connectivity index (χ0) is 14.5. The van der Waals surface area contributed by atoms with Crippen molar-refractivity contribution in [3.63, 3.8) is 0 Å². The SMILES string of the molecule is Cc1ccc(/C=C(/C#N)C(=O)c2ccccc2)c(C)c1. The standard InChI is InChI=1S/C18H15NO/c1-13-8-9-16(14(2)10-13)11-17(12-19)18(20)15-6-4-3-5-7-15/h3-11H,1-2H3/b17-11-. The van der Waals surface area contributed by atoms with Gasteiger partial charge in [0, 0.05) is 5.56 Å². The Hall–Kier alpha value is -2.66. The van der Waals surface area contributed by atoms with Crippen molar-refractivity contribution in [1.29, 1.82) is 5.26 Å². The summed E-state index contributed by atoms with van der Waals surface area (Å²) >= 11 is 0. The first-order chi connectivity index (χ1) is 9.61. The molecule has 0 amide bonds. The molecule has 0 bridgehead atoms. The molecule has 0 spiro atoms. The first-order valence-corrected chi connectivity index (χ1v) is 6.40. The van der Waals surface area contributed by atoms with Crippen LogP contribution in [0.2, 0.25) is 0 Å². The zero-order valence-corrected chi connectivity index (χ0v) is 11.6. The van der Waals surface area contributed by atoms with E-state index in [4.69, 9.17) is 0 Å². The van der Waals surface area contributed by atoms with Crippen molar-refractivity contribution in [2.45, 2.75) is 13.8 Å². The van der Waals surface area contributed by atoms with Gasteiger partial charge in [0.1, 0.15) is 11.6 Å². The van der Waals surface area contributed by atoms with Crippen LogP contribution in [0.5, 0.6) is 0 Å². The number of carbonyl (C=O) groups is 1. The molecule has 0 aliphatic heterocycles. The third kappa shape index (κ3) is 3.02. The molecule has 0 radical (unpaired) electrons.